The average Bonchev–Trinajstić information content (AvgIpc) is 2.89. The number of fused-ring (bicyclic) bond motifs is 22. The normalized spacial score (nSPS) is 13.6. The van der Waals surface area contributed by atoms with E-state index in [0.29, 0.717) is 0 Å². The predicted octanol–water partition coefficient (Wildman–Crippen LogP) is 10.4. The molecule has 0 nitrogen and oxygen atoms in total. The summed E-state index contributed by atoms with van der Waals surface area (Å²) in [5.74, 6) is 0. The molecule has 0 heterocycles. The molecule has 0 atom stereocenters. The van der Waals surface area contributed by atoms with Gasteiger partial charge >= 0.3 is 0 Å². The van der Waals surface area contributed by atoms with Crippen molar-refractivity contribution >= 4 is 108 Å². The van der Waals surface area contributed by atoms with Crippen LogP contribution in [0, 0.1) is 0 Å². The molecular weight excluding hydrogens is 432 g/mol. The van der Waals surface area contributed by atoms with Crippen LogP contribution in [0.1, 0.15) is 0 Å². The first-order valence-electron chi connectivity index (χ1n) is 12.8. The molecule has 36 heavy (non-hydrogen) atoms. The lowest BCUT2D eigenvalue weighted by molar-refractivity contribution is 1.80. The standard InChI is InChI=1S/C36H16/c1-3-7-19-17(5-1)25-13-29-21-9-11-23-35(33(21)31(29)15-27(19)25)24-12-10-22-30-14-26-18-6-2-4-8-20(18)28(26)16-32(30)34(22)36(23)24/h1-16H. The van der Waals surface area contributed by atoms with Crippen molar-refractivity contribution in [3.8, 4) is 0 Å². The van der Waals surface area contributed by atoms with Crippen LogP contribution in [0.2, 0.25) is 0 Å². The van der Waals surface area contributed by atoms with Crippen LogP contribution in [0.25, 0.3) is 108 Å². The molecule has 160 valence electrons. The number of hydrogen-bond acceptors (Lipinski definition) is 0. The Kier molecular flexibility index (Phi) is 2.40. The average molecular weight is 449 g/mol. The van der Waals surface area contributed by atoms with Crippen LogP contribution in [-0.2, 0) is 0 Å². The van der Waals surface area contributed by atoms with E-state index in [2.05, 4.69) is 97.1 Å². The fourth-order valence-electron chi connectivity index (χ4n) is 7.73. The van der Waals surface area contributed by atoms with E-state index in [0.717, 1.165) is 0 Å². The van der Waals surface area contributed by atoms with Crippen LogP contribution >= 0.6 is 0 Å². The van der Waals surface area contributed by atoms with Crippen molar-refractivity contribution in [1.82, 2.24) is 0 Å². The lowest BCUT2D eigenvalue weighted by atomic mass is 9.78. The maximum Gasteiger partial charge on any atom is -0.00134 e. The zero-order chi connectivity index (χ0) is 22.9. The Morgan fingerprint density at radius 3 is 0.861 bits per heavy atom. The molecule has 0 fully saturated rings. The lowest BCUT2D eigenvalue weighted by Gasteiger charge is -2.25. The maximum atomic E-state index is 2.45. The zero-order valence-electron chi connectivity index (χ0n) is 19.2. The van der Waals surface area contributed by atoms with Crippen molar-refractivity contribution in [1.29, 1.82) is 0 Å². The summed E-state index contributed by atoms with van der Waals surface area (Å²) in [6.45, 7) is 0. The molecule has 0 aliphatic rings. The summed E-state index contributed by atoms with van der Waals surface area (Å²) in [6.07, 6.45) is 0. The van der Waals surface area contributed by atoms with Crippen LogP contribution in [0.3, 0.4) is 0 Å². The fraction of sp³-hybridized carbons (Fsp3) is 0. The second kappa shape index (κ2) is 5.12. The number of benzene rings is 6. The second-order valence-corrected chi connectivity index (χ2v) is 10.8. The zero-order valence-corrected chi connectivity index (χ0v) is 19.2. The Morgan fingerprint density at radius 1 is 0.194 bits per heavy atom. The van der Waals surface area contributed by atoms with Gasteiger partial charge in [0.15, 0.2) is 0 Å². The Morgan fingerprint density at radius 2 is 0.472 bits per heavy atom. The quantitative estimate of drug-likeness (QED) is 0.216. The highest BCUT2D eigenvalue weighted by Crippen LogP contribution is 2.54. The van der Waals surface area contributed by atoms with Crippen LogP contribution in [-0.4, -0.2) is 0 Å². The minimum Gasteiger partial charge on any atom is -0.0616 e. The topological polar surface area (TPSA) is 0 Å². The first-order chi connectivity index (χ1) is 17.9. The van der Waals surface area contributed by atoms with Gasteiger partial charge in [-0.05, 0) is 132 Å². The summed E-state index contributed by atoms with van der Waals surface area (Å²) in [5.41, 5.74) is 0. The van der Waals surface area contributed by atoms with Gasteiger partial charge in [-0.15, -0.1) is 0 Å². The van der Waals surface area contributed by atoms with Gasteiger partial charge in [-0.1, -0.05) is 72.8 Å². The Labute approximate surface area is 204 Å². The molecule has 0 unspecified atom stereocenters. The van der Waals surface area contributed by atoms with Gasteiger partial charge < -0.3 is 0 Å². The van der Waals surface area contributed by atoms with E-state index in [4.69, 9.17) is 0 Å². The van der Waals surface area contributed by atoms with Crippen LogP contribution in [0.4, 0.5) is 0 Å². The van der Waals surface area contributed by atoms with E-state index in [1.807, 2.05) is 0 Å². The summed E-state index contributed by atoms with van der Waals surface area (Å²) in [5, 5.41) is 28.5. The van der Waals surface area contributed by atoms with Crippen molar-refractivity contribution in [3.63, 3.8) is 0 Å². The molecule has 0 aliphatic carbocycles. The van der Waals surface area contributed by atoms with Gasteiger partial charge in [0, 0.05) is 0 Å². The fourth-order valence-corrected chi connectivity index (χ4v) is 7.73. The molecule has 0 amide bonds. The molecule has 0 bridgehead atoms. The van der Waals surface area contributed by atoms with Gasteiger partial charge in [-0.3, -0.25) is 0 Å². The van der Waals surface area contributed by atoms with Crippen LogP contribution in [0.15, 0.2) is 97.1 Å². The third-order valence-electron chi connectivity index (χ3n) is 9.40. The molecule has 0 heteroatoms. The highest BCUT2D eigenvalue weighted by molar-refractivity contribution is 6.50. The molecule has 11 rings (SSSR count). The van der Waals surface area contributed by atoms with E-state index in [9.17, 15) is 0 Å². The van der Waals surface area contributed by atoms with Crippen LogP contribution in [0.5, 0.6) is 0 Å². The van der Waals surface area contributed by atoms with Crippen molar-refractivity contribution in [2.24, 2.45) is 0 Å². The van der Waals surface area contributed by atoms with Gasteiger partial charge in [0.25, 0.3) is 0 Å². The van der Waals surface area contributed by atoms with Crippen molar-refractivity contribution < 1.29 is 0 Å². The SMILES string of the molecule is c1ccc2c(c1)c1cc3c4ccc5c(c6ccc7c8cc9c%10ccccc%10c9cc8c7c56)c4c3cc21. The van der Waals surface area contributed by atoms with Crippen molar-refractivity contribution in [2.75, 3.05) is 0 Å². The monoisotopic (exact) mass is 448 g/mol. The molecular formula is C36H16. The minimum absolute atomic E-state index is 1.40. The Hall–Kier alpha value is -4.68. The van der Waals surface area contributed by atoms with E-state index < -0.39 is 0 Å². The third kappa shape index (κ3) is 1.55. The van der Waals surface area contributed by atoms with Gasteiger partial charge in [-0.25, -0.2) is 0 Å². The Bertz CT molecular complexity index is 2460. The first-order valence-corrected chi connectivity index (χ1v) is 12.8. The molecule has 0 spiro atoms. The van der Waals surface area contributed by atoms with E-state index >= 15 is 0 Å². The molecule has 0 N–H and O–H groups in total. The van der Waals surface area contributed by atoms with Gasteiger partial charge in [-0.2, -0.15) is 0 Å². The molecule has 0 saturated carbocycles. The first kappa shape index (κ1) is 16.9. The highest BCUT2D eigenvalue weighted by atomic mass is 14.3. The Balaban J connectivity index is 1.24. The lowest BCUT2D eigenvalue weighted by Crippen LogP contribution is -1.96. The summed E-state index contributed by atoms with van der Waals surface area (Å²) in [7, 11) is 0. The summed E-state index contributed by atoms with van der Waals surface area (Å²) in [6, 6.07) is 36.8. The molecule has 0 aromatic heterocycles. The summed E-state index contributed by atoms with van der Waals surface area (Å²) in [4.78, 5) is 0. The molecule has 0 radical (unpaired) electrons. The van der Waals surface area contributed by atoms with Crippen molar-refractivity contribution in [3.05, 3.63) is 97.1 Å². The number of rotatable bonds is 0. The van der Waals surface area contributed by atoms with Gasteiger partial charge in [0.2, 0.25) is 0 Å². The van der Waals surface area contributed by atoms with E-state index in [-0.39, 0.29) is 0 Å². The van der Waals surface area contributed by atoms with Crippen molar-refractivity contribution in [2.45, 2.75) is 0 Å². The molecule has 0 aliphatic heterocycles. The maximum absolute atomic E-state index is 2.45. The highest BCUT2D eigenvalue weighted by Gasteiger charge is 2.25. The van der Waals surface area contributed by atoms with E-state index in [1.165, 1.54) is 108 Å². The minimum atomic E-state index is 1.40. The van der Waals surface area contributed by atoms with Gasteiger partial charge in [0.1, 0.15) is 0 Å². The third-order valence-corrected chi connectivity index (χ3v) is 9.40. The predicted molar refractivity (Wildman–Crippen MR) is 157 cm³/mol. The molecule has 11 aromatic carbocycles. The second-order valence-electron chi connectivity index (χ2n) is 10.8. The van der Waals surface area contributed by atoms with E-state index in [1.54, 1.807) is 0 Å². The van der Waals surface area contributed by atoms with Gasteiger partial charge in [0.05, 0.1) is 0 Å². The summed E-state index contributed by atoms with van der Waals surface area (Å²) >= 11 is 0. The number of hydrogen-bond donors (Lipinski definition) is 0. The van der Waals surface area contributed by atoms with Crippen LogP contribution < -0.4 is 0 Å². The smallest absolute Gasteiger partial charge is 0.00134 e. The molecule has 11 aromatic rings. The largest absolute Gasteiger partial charge is 0.0616 e. The summed E-state index contributed by atoms with van der Waals surface area (Å²) < 4.78 is 0. The molecule has 0 saturated heterocycles.